The number of urea groups is 1. The second kappa shape index (κ2) is 9.03. The zero-order valence-electron chi connectivity index (χ0n) is 18.0. The summed E-state index contributed by atoms with van der Waals surface area (Å²) in [5.74, 6) is 0.971. The summed E-state index contributed by atoms with van der Waals surface area (Å²) < 4.78 is 11.2. The van der Waals surface area contributed by atoms with Crippen molar-refractivity contribution in [1.29, 1.82) is 0 Å². The van der Waals surface area contributed by atoms with Gasteiger partial charge in [0.2, 0.25) is 0 Å². The highest BCUT2D eigenvalue weighted by Crippen LogP contribution is 2.32. The van der Waals surface area contributed by atoms with Crippen LogP contribution in [0.25, 0.3) is 0 Å². The first kappa shape index (κ1) is 21.4. The smallest absolute Gasteiger partial charge is 0.338 e. The summed E-state index contributed by atoms with van der Waals surface area (Å²) in [5, 5.41) is 5.61. The van der Waals surface area contributed by atoms with Crippen LogP contribution in [0.4, 0.5) is 4.79 Å². The van der Waals surface area contributed by atoms with Crippen LogP contribution in [0, 0.1) is 19.8 Å². The topological polar surface area (TPSA) is 76.7 Å². The van der Waals surface area contributed by atoms with Crippen molar-refractivity contribution in [3.63, 3.8) is 0 Å². The minimum absolute atomic E-state index is 0.0369. The molecular formula is C24H28N2O4. The minimum Gasteiger partial charge on any atom is -0.463 e. The molecule has 2 aromatic carbocycles. The number of rotatable bonds is 6. The lowest BCUT2D eigenvalue weighted by Crippen LogP contribution is -2.47. The minimum atomic E-state index is -0.592. The number of amides is 2. The van der Waals surface area contributed by atoms with Crippen LogP contribution in [0.3, 0.4) is 0 Å². The molecule has 2 aromatic rings. The maximum absolute atomic E-state index is 12.7. The largest absolute Gasteiger partial charge is 0.463 e. The van der Waals surface area contributed by atoms with Gasteiger partial charge in [0.1, 0.15) is 11.5 Å². The fourth-order valence-electron chi connectivity index (χ4n) is 3.58. The van der Waals surface area contributed by atoms with Gasteiger partial charge in [0.25, 0.3) is 0 Å². The molecule has 0 radical (unpaired) electrons. The van der Waals surface area contributed by atoms with Crippen molar-refractivity contribution in [3.8, 4) is 11.5 Å². The van der Waals surface area contributed by atoms with Crippen molar-refractivity contribution >= 4 is 12.0 Å². The Bertz CT molecular complexity index is 957. The van der Waals surface area contributed by atoms with Gasteiger partial charge in [-0.1, -0.05) is 32.0 Å². The molecule has 1 aliphatic rings. The molecular weight excluding hydrogens is 380 g/mol. The predicted molar refractivity (Wildman–Crippen MR) is 115 cm³/mol. The highest BCUT2D eigenvalue weighted by atomic mass is 16.5. The second-order valence-corrected chi connectivity index (χ2v) is 7.73. The number of esters is 1. The standard InChI is InChI=1S/C24H28N2O4/c1-6-29-23(27)20-21(14(2)3)25-24(28)26-22(20)17-7-9-18(10-8-17)30-19-12-15(4)11-16(5)13-19/h7-14,22H,6H2,1-5H3,(H2,25,26,28). The molecule has 158 valence electrons. The van der Waals surface area contributed by atoms with Gasteiger partial charge in [-0.3, -0.25) is 0 Å². The van der Waals surface area contributed by atoms with E-state index < -0.39 is 12.0 Å². The maximum atomic E-state index is 12.7. The van der Waals surface area contributed by atoms with E-state index in [0.29, 0.717) is 17.0 Å². The van der Waals surface area contributed by atoms with Crippen LogP contribution in [-0.4, -0.2) is 18.6 Å². The fraction of sp³-hybridized carbons (Fsp3) is 0.333. The van der Waals surface area contributed by atoms with Crippen molar-refractivity contribution in [2.75, 3.05) is 6.61 Å². The van der Waals surface area contributed by atoms with Gasteiger partial charge in [0.05, 0.1) is 18.2 Å². The lowest BCUT2D eigenvalue weighted by atomic mass is 9.91. The Morgan fingerprint density at radius 1 is 1.03 bits per heavy atom. The van der Waals surface area contributed by atoms with Crippen LogP contribution >= 0.6 is 0 Å². The summed E-state index contributed by atoms with van der Waals surface area (Å²) in [4.78, 5) is 24.9. The van der Waals surface area contributed by atoms with Gasteiger partial charge in [0, 0.05) is 5.70 Å². The molecule has 0 spiro atoms. The van der Waals surface area contributed by atoms with E-state index in [0.717, 1.165) is 22.4 Å². The van der Waals surface area contributed by atoms with Gasteiger partial charge in [-0.15, -0.1) is 0 Å². The van der Waals surface area contributed by atoms with Gasteiger partial charge in [-0.25, -0.2) is 9.59 Å². The number of hydrogen-bond acceptors (Lipinski definition) is 4. The molecule has 1 heterocycles. The zero-order valence-corrected chi connectivity index (χ0v) is 18.0. The molecule has 6 nitrogen and oxygen atoms in total. The molecule has 0 saturated heterocycles. The lowest BCUT2D eigenvalue weighted by Gasteiger charge is -2.31. The number of aryl methyl sites for hydroxylation is 2. The number of hydrogen-bond donors (Lipinski definition) is 2. The first-order chi connectivity index (χ1) is 14.3. The highest BCUT2D eigenvalue weighted by molar-refractivity contribution is 5.95. The number of carbonyl (C=O) groups is 2. The highest BCUT2D eigenvalue weighted by Gasteiger charge is 2.34. The molecule has 0 saturated carbocycles. The molecule has 2 N–H and O–H groups in total. The summed E-state index contributed by atoms with van der Waals surface area (Å²) in [7, 11) is 0. The fourth-order valence-corrected chi connectivity index (χ4v) is 3.58. The van der Waals surface area contributed by atoms with Crippen molar-refractivity contribution in [2.45, 2.75) is 40.7 Å². The summed E-state index contributed by atoms with van der Waals surface area (Å²) in [5.41, 5.74) is 4.04. The molecule has 2 amide bonds. The van der Waals surface area contributed by atoms with Crippen LogP contribution in [0.1, 0.15) is 43.5 Å². The second-order valence-electron chi connectivity index (χ2n) is 7.73. The molecule has 0 aromatic heterocycles. The van der Waals surface area contributed by atoms with E-state index in [-0.39, 0.29) is 18.6 Å². The van der Waals surface area contributed by atoms with E-state index in [1.807, 2.05) is 64.1 Å². The van der Waals surface area contributed by atoms with Crippen LogP contribution in [0.2, 0.25) is 0 Å². The monoisotopic (exact) mass is 408 g/mol. The van der Waals surface area contributed by atoms with E-state index in [1.165, 1.54) is 0 Å². The Morgan fingerprint density at radius 2 is 1.67 bits per heavy atom. The lowest BCUT2D eigenvalue weighted by molar-refractivity contribution is -0.139. The maximum Gasteiger partial charge on any atom is 0.338 e. The van der Waals surface area contributed by atoms with Crippen molar-refractivity contribution in [3.05, 3.63) is 70.4 Å². The van der Waals surface area contributed by atoms with E-state index in [9.17, 15) is 9.59 Å². The van der Waals surface area contributed by atoms with Crippen LogP contribution in [0.5, 0.6) is 11.5 Å². The Hall–Kier alpha value is -3.28. The summed E-state index contributed by atoms with van der Waals surface area (Å²) in [6.07, 6.45) is 0. The third-order valence-electron chi connectivity index (χ3n) is 4.82. The SMILES string of the molecule is CCOC(=O)C1=C(C(C)C)NC(=O)NC1c1ccc(Oc2cc(C)cc(C)c2)cc1. The molecule has 3 rings (SSSR count). The number of benzene rings is 2. The van der Waals surface area contributed by atoms with E-state index >= 15 is 0 Å². The normalized spacial score (nSPS) is 16.2. The van der Waals surface area contributed by atoms with Gasteiger partial charge < -0.3 is 20.1 Å². The Kier molecular flexibility index (Phi) is 6.45. The number of allylic oxidation sites excluding steroid dienone is 1. The quantitative estimate of drug-likeness (QED) is 0.665. The molecule has 0 fully saturated rings. The Morgan fingerprint density at radius 3 is 2.23 bits per heavy atom. The van der Waals surface area contributed by atoms with E-state index in [1.54, 1.807) is 6.92 Å². The first-order valence-corrected chi connectivity index (χ1v) is 10.1. The first-order valence-electron chi connectivity index (χ1n) is 10.1. The number of ether oxygens (including phenoxy) is 2. The van der Waals surface area contributed by atoms with Gasteiger partial charge in [-0.05, 0) is 67.6 Å². The Labute approximate surface area is 177 Å². The molecule has 1 aliphatic heterocycles. The summed E-state index contributed by atoms with van der Waals surface area (Å²) in [6, 6.07) is 12.5. The summed E-state index contributed by atoms with van der Waals surface area (Å²) >= 11 is 0. The third-order valence-corrected chi connectivity index (χ3v) is 4.82. The molecule has 1 atom stereocenters. The van der Waals surface area contributed by atoms with Gasteiger partial charge in [0.15, 0.2) is 0 Å². The number of carbonyl (C=O) groups excluding carboxylic acids is 2. The van der Waals surface area contributed by atoms with Crippen LogP contribution in [-0.2, 0) is 9.53 Å². The van der Waals surface area contributed by atoms with Crippen molar-refractivity contribution < 1.29 is 19.1 Å². The molecule has 30 heavy (non-hydrogen) atoms. The van der Waals surface area contributed by atoms with Crippen molar-refractivity contribution in [2.24, 2.45) is 5.92 Å². The molecule has 0 aliphatic carbocycles. The average molecular weight is 408 g/mol. The van der Waals surface area contributed by atoms with E-state index in [2.05, 4.69) is 16.7 Å². The van der Waals surface area contributed by atoms with Crippen LogP contribution in [0.15, 0.2) is 53.7 Å². The Balaban J connectivity index is 1.91. The third kappa shape index (κ3) is 4.82. The van der Waals surface area contributed by atoms with Crippen molar-refractivity contribution in [1.82, 2.24) is 10.6 Å². The summed E-state index contributed by atoms with van der Waals surface area (Å²) in [6.45, 7) is 9.93. The van der Waals surface area contributed by atoms with Crippen LogP contribution < -0.4 is 15.4 Å². The van der Waals surface area contributed by atoms with Gasteiger partial charge in [-0.2, -0.15) is 0 Å². The average Bonchev–Trinajstić information content (AvgIpc) is 2.67. The zero-order chi connectivity index (χ0) is 21.8. The number of nitrogens with one attached hydrogen (secondary N) is 2. The molecule has 6 heteroatoms. The molecule has 1 unspecified atom stereocenters. The van der Waals surface area contributed by atoms with E-state index in [4.69, 9.17) is 9.47 Å². The predicted octanol–water partition coefficient (Wildman–Crippen LogP) is 4.92. The molecule has 0 bridgehead atoms. The van der Waals surface area contributed by atoms with Gasteiger partial charge >= 0.3 is 12.0 Å².